The van der Waals surface area contributed by atoms with Crippen molar-refractivity contribution in [2.24, 2.45) is 0 Å². The molecule has 1 heterocycles. The Morgan fingerprint density at radius 1 is 1.80 bits per heavy atom. The fraction of sp³-hybridized carbons (Fsp3) is 0.286. The van der Waals surface area contributed by atoms with Gasteiger partial charge >= 0.3 is 0 Å². The first-order chi connectivity index (χ1) is 4.86. The van der Waals surface area contributed by atoms with Crippen molar-refractivity contribution >= 4 is 17.0 Å². The van der Waals surface area contributed by atoms with Crippen LogP contribution in [0.4, 0.5) is 5.69 Å². The second-order valence-electron chi connectivity index (χ2n) is 1.91. The van der Waals surface area contributed by atoms with Crippen LogP contribution in [-0.2, 0) is 6.54 Å². The summed E-state index contributed by atoms with van der Waals surface area (Å²) in [5.74, 6) is 0. The van der Waals surface area contributed by atoms with Gasteiger partial charge < -0.3 is 5.32 Å². The summed E-state index contributed by atoms with van der Waals surface area (Å²) in [5.41, 5.74) is 0.746. The lowest BCUT2D eigenvalue weighted by Gasteiger charge is -1.90. The van der Waals surface area contributed by atoms with Crippen molar-refractivity contribution in [3.8, 4) is 0 Å². The summed E-state index contributed by atoms with van der Waals surface area (Å²) < 4.78 is 0. The molecule has 1 N–H and O–H groups in total. The molecule has 0 bridgehead atoms. The molecule has 2 nitrogen and oxygen atoms in total. The van der Waals surface area contributed by atoms with Crippen LogP contribution in [0.2, 0.25) is 0 Å². The molecule has 0 aliphatic carbocycles. The lowest BCUT2D eigenvalue weighted by molar-refractivity contribution is 0.832. The van der Waals surface area contributed by atoms with Gasteiger partial charge in [0.2, 0.25) is 0 Å². The van der Waals surface area contributed by atoms with Gasteiger partial charge in [0.1, 0.15) is 0 Å². The largest absolute Gasteiger partial charge is 0.315 e. The van der Waals surface area contributed by atoms with E-state index >= 15 is 0 Å². The lowest BCUT2D eigenvalue weighted by Crippen LogP contribution is -2.02. The van der Waals surface area contributed by atoms with Crippen molar-refractivity contribution in [3.63, 3.8) is 0 Å². The standard InChI is InChI=1S/C7H8N2S/c1-8-4-7-3-6(9-2)5-10-7/h3,5,8H,4H2,1H3. The highest BCUT2D eigenvalue weighted by atomic mass is 32.1. The molecular weight excluding hydrogens is 144 g/mol. The van der Waals surface area contributed by atoms with E-state index in [1.165, 1.54) is 4.88 Å². The van der Waals surface area contributed by atoms with E-state index in [1.807, 2.05) is 18.5 Å². The predicted molar refractivity (Wildman–Crippen MR) is 43.3 cm³/mol. The molecule has 0 amide bonds. The first kappa shape index (κ1) is 7.26. The molecule has 0 aliphatic heterocycles. The molecule has 0 atom stereocenters. The van der Waals surface area contributed by atoms with Crippen LogP contribution in [-0.4, -0.2) is 7.05 Å². The Balaban J connectivity index is 2.71. The maximum absolute atomic E-state index is 6.70. The molecule has 1 aromatic rings. The Bertz CT molecular complexity index is 246. The van der Waals surface area contributed by atoms with E-state index in [2.05, 4.69) is 10.2 Å². The third-order valence-electron chi connectivity index (χ3n) is 1.12. The fourth-order valence-corrected chi connectivity index (χ4v) is 1.50. The fourth-order valence-electron chi connectivity index (χ4n) is 0.695. The summed E-state index contributed by atoms with van der Waals surface area (Å²) in [5, 5.41) is 4.90. The van der Waals surface area contributed by atoms with Crippen molar-refractivity contribution in [2.75, 3.05) is 7.05 Å². The quantitative estimate of drug-likeness (QED) is 0.641. The summed E-state index contributed by atoms with van der Waals surface area (Å²) in [6.07, 6.45) is 0. The number of hydrogen-bond acceptors (Lipinski definition) is 2. The molecule has 0 saturated carbocycles. The Labute approximate surface area is 64.3 Å². The summed E-state index contributed by atoms with van der Waals surface area (Å²) >= 11 is 1.62. The zero-order valence-corrected chi connectivity index (χ0v) is 6.53. The normalized spacial score (nSPS) is 9.20. The summed E-state index contributed by atoms with van der Waals surface area (Å²) in [7, 11) is 1.90. The van der Waals surface area contributed by atoms with Crippen molar-refractivity contribution in [1.82, 2.24) is 5.32 Å². The maximum Gasteiger partial charge on any atom is 0.198 e. The zero-order chi connectivity index (χ0) is 7.40. The molecule has 0 unspecified atom stereocenters. The van der Waals surface area contributed by atoms with E-state index < -0.39 is 0 Å². The SMILES string of the molecule is [C-]#[N+]c1csc(CNC)c1. The van der Waals surface area contributed by atoms with Crippen LogP contribution in [0.1, 0.15) is 4.88 Å². The highest BCUT2D eigenvalue weighted by Crippen LogP contribution is 2.21. The number of nitrogens with one attached hydrogen (secondary N) is 1. The Morgan fingerprint density at radius 2 is 2.60 bits per heavy atom. The minimum atomic E-state index is 0.746. The first-order valence-electron chi connectivity index (χ1n) is 2.96. The van der Waals surface area contributed by atoms with Crippen LogP contribution < -0.4 is 5.32 Å². The van der Waals surface area contributed by atoms with Gasteiger partial charge in [0.05, 0.1) is 6.57 Å². The van der Waals surface area contributed by atoms with Crippen LogP contribution in [0.25, 0.3) is 4.85 Å². The molecule has 0 saturated heterocycles. The third-order valence-corrected chi connectivity index (χ3v) is 2.04. The van der Waals surface area contributed by atoms with Crippen LogP contribution in [0, 0.1) is 6.57 Å². The third kappa shape index (κ3) is 1.56. The second-order valence-corrected chi connectivity index (χ2v) is 2.91. The molecule has 0 fully saturated rings. The number of nitrogens with zero attached hydrogens (tertiary/aromatic N) is 1. The Morgan fingerprint density at radius 3 is 3.10 bits per heavy atom. The molecule has 10 heavy (non-hydrogen) atoms. The minimum Gasteiger partial charge on any atom is -0.315 e. The van der Waals surface area contributed by atoms with Crippen molar-refractivity contribution < 1.29 is 0 Å². The van der Waals surface area contributed by atoms with Crippen molar-refractivity contribution in [1.29, 1.82) is 0 Å². The Hall–Kier alpha value is -0.850. The highest BCUT2D eigenvalue weighted by molar-refractivity contribution is 7.10. The van der Waals surface area contributed by atoms with Gasteiger partial charge in [-0.15, -0.1) is 0 Å². The number of hydrogen-bond donors (Lipinski definition) is 1. The van der Waals surface area contributed by atoms with Gasteiger partial charge in [-0.2, -0.15) is 11.3 Å². The van der Waals surface area contributed by atoms with Gasteiger partial charge in [0.15, 0.2) is 5.69 Å². The first-order valence-corrected chi connectivity index (χ1v) is 3.84. The van der Waals surface area contributed by atoms with E-state index in [0.717, 1.165) is 12.2 Å². The molecular formula is C7H8N2S. The van der Waals surface area contributed by atoms with E-state index in [0.29, 0.717) is 0 Å². The van der Waals surface area contributed by atoms with Crippen LogP contribution >= 0.6 is 11.3 Å². The monoisotopic (exact) mass is 152 g/mol. The molecule has 3 heteroatoms. The molecule has 0 radical (unpaired) electrons. The van der Waals surface area contributed by atoms with Crippen molar-refractivity contribution in [2.45, 2.75) is 6.54 Å². The van der Waals surface area contributed by atoms with Gasteiger partial charge in [-0.1, -0.05) is 0 Å². The highest BCUT2D eigenvalue weighted by Gasteiger charge is 1.95. The van der Waals surface area contributed by atoms with Crippen LogP contribution in [0.15, 0.2) is 11.4 Å². The molecule has 1 aromatic heterocycles. The molecule has 0 aromatic carbocycles. The van der Waals surface area contributed by atoms with E-state index in [9.17, 15) is 0 Å². The summed E-state index contributed by atoms with van der Waals surface area (Å²) in [6, 6.07) is 1.91. The molecule has 0 spiro atoms. The number of rotatable bonds is 2. The zero-order valence-electron chi connectivity index (χ0n) is 5.72. The molecule has 1 rings (SSSR count). The Kier molecular flexibility index (Phi) is 2.43. The summed E-state index contributed by atoms with van der Waals surface area (Å²) in [6.45, 7) is 7.56. The van der Waals surface area contributed by atoms with Gasteiger partial charge in [-0.25, -0.2) is 4.85 Å². The average Bonchev–Trinajstić information content (AvgIpc) is 2.37. The number of thiophene rings is 1. The van der Waals surface area contributed by atoms with E-state index in [4.69, 9.17) is 6.57 Å². The predicted octanol–water partition coefficient (Wildman–Crippen LogP) is 2.02. The maximum atomic E-state index is 6.70. The molecule has 0 aliphatic rings. The van der Waals surface area contributed by atoms with Crippen molar-refractivity contribution in [3.05, 3.63) is 27.7 Å². The van der Waals surface area contributed by atoms with Crippen LogP contribution in [0.5, 0.6) is 0 Å². The van der Waals surface area contributed by atoms with Gasteiger partial charge in [-0.05, 0) is 18.5 Å². The van der Waals surface area contributed by atoms with Gasteiger partial charge in [0.25, 0.3) is 0 Å². The van der Waals surface area contributed by atoms with Gasteiger partial charge in [-0.3, -0.25) is 0 Å². The molecule has 52 valence electrons. The lowest BCUT2D eigenvalue weighted by atomic mass is 10.4. The smallest absolute Gasteiger partial charge is 0.198 e. The summed E-state index contributed by atoms with van der Waals surface area (Å²) in [4.78, 5) is 4.52. The average molecular weight is 152 g/mol. The topological polar surface area (TPSA) is 16.4 Å². The van der Waals surface area contributed by atoms with Crippen LogP contribution in [0.3, 0.4) is 0 Å². The van der Waals surface area contributed by atoms with E-state index in [1.54, 1.807) is 11.3 Å². The van der Waals surface area contributed by atoms with Gasteiger partial charge in [0, 0.05) is 11.4 Å². The van der Waals surface area contributed by atoms with E-state index in [-0.39, 0.29) is 0 Å². The second kappa shape index (κ2) is 3.35. The minimum absolute atomic E-state index is 0.746.